The Labute approximate surface area is 142 Å². The maximum Gasteiger partial charge on any atom is 0.234 e. The van der Waals surface area contributed by atoms with Crippen LogP contribution in [-0.2, 0) is 11.3 Å². The molecule has 0 radical (unpaired) electrons. The third-order valence-corrected chi connectivity index (χ3v) is 4.37. The van der Waals surface area contributed by atoms with Gasteiger partial charge in [-0.05, 0) is 43.7 Å². The van der Waals surface area contributed by atoms with Crippen molar-refractivity contribution in [3.05, 3.63) is 58.9 Å². The van der Waals surface area contributed by atoms with Crippen molar-refractivity contribution in [2.24, 2.45) is 0 Å². The standard InChI is InChI=1S/C18H22ClN3O/c1-13(2)20-17(23)12-22-11-10-21-9-3-4-16(21)18(22)14-5-7-15(19)8-6-14/h3-9,13,18H,10-12H2,1-2H3,(H,20,23). The van der Waals surface area contributed by atoms with Gasteiger partial charge in [-0.2, -0.15) is 0 Å². The molecule has 1 atom stereocenters. The van der Waals surface area contributed by atoms with Gasteiger partial charge < -0.3 is 9.88 Å². The van der Waals surface area contributed by atoms with E-state index in [0.29, 0.717) is 6.54 Å². The van der Waals surface area contributed by atoms with Crippen LogP contribution >= 0.6 is 11.6 Å². The molecule has 5 heteroatoms. The summed E-state index contributed by atoms with van der Waals surface area (Å²) >= 11 is 6.02. The number of benzene rings is 1. The normalized spacial score (nSPS) is 18.0. The average Bonchev–Trinajstić information content (AvgIpc) is 2.96. The molecule has 1 aliphatic heterocycles. The van der Waals surface area contributed by atoms with Crippen LogP contribution in [0.2, 0.25) is 5.02 Å². The number of nitrogens with zero attached hydrogens (tertiary/aromatic N) is 2. The maximum atomic E-state index is 12.2. The topological polar surface area (TPSA) is 37.3 Å². The molecule has 3 rings (SSSR count). The number of hydrogen-bond acceptors (Lipinski definition) is 2. The summed E-state index contributed by atoms with van der Waals surface area (Å²) in [5.74, 6) is 0.0685. The summed E-state index contributed by atoms with van der Waals surface area (Å²) in [5.41, 5.74) is 2.38. The largest absolute Gasteiger partial charge is 0.353 e. The summed E-state index contributed by atoms with van der Waals surface area (Å²) < 4.78 is 2.26. The molecule has 1 aromatic carbocycles. The molecular weight excluding hydrogens is 310 g/mol. The molecule has 2 aromatic rings. The zero-order valence-corrected chi connectivity index (χ0v) is 14.3. The number of amides is 1. The summed E-state index contributed by atoms with van der Waals surface area (Å²) in [5, 5.41) is 3.71. The van der Waals surface area contributed by atoms with Crippen molar-refractivity contribution in [3.63, 3.8) is 0 Å². The summed E-state index contributed by atoms with van der Waals surface area (Å²) in [4.78, 5) is 14.5. The lowest BCUT2D eigenvalue weighted by atomic mass is 10.00. The Morgan fingerprint density at radius 1 is 1.26 bits per heavy atom. The van der Waals surface area contributed by atoms with Crippen LogP contribution in [0.15, 0.2) is 42.6 Å². The summed E-state index contributed by atoms with van der Waals surface area (Å²) in [6, 6.07) is 12.3. The van der Waals surface area contributed by atoms with Crippen LogP contribution in [0.3, 0.4) is 0 Å². The van der Waals surface area contributed by atoms with Crippen molar-refractivity contribution in [1.82, 2.24) is 14.8 Å². The van der Waals surface area contributed by atoms with Crippen LogP contribution in [0.1, 0.15) is 31.1 Å². The van der Waals surface area contributed by atoms with Gasteiger partial charge in [-0.3, -0.25) is 9.69 Å². The molecule has 4 nitrogen and oxygen atoms in total. The Balaban J connectivity index is 1.89. The minimum Gasteiger partial charge on any atom is -0.353 e. The Kier molecular flexibility index (Phi) is 4.74. The van der Waals surface area contributed by atoms with Crippen LogP contribution < -0.4 is 5.32 Å². The van der Waals surface area contributed by atoms with Crippen molar-refractivity contribution in [2.45, 2.75) is 32.5 Å². The molecule has 1 aromatic heterocycles. The van der Waals surface area contributed by atoms with Gasteiger partial charge in [-0.25, -0.2) is 0 Å². The lowest BCUT2D eigenvalue weighted by Crippen LogP contribution is -2.45. The molecule has 0 aliphatic carbocycles. The highest BCUT2D eigenvalue weighted by Crippen LogP contribution is 2.32. The van der Waals surface area contributed by atoms with Crippen LogP contribution in [0.4, 0.5) is 0 Å². The van der Waals surface area contributed by atoms with Crippen molar-refractivity contribution in [2.75, 3.05) is 13.1 Å². The summed E-state index contributed by atoms with van der Waals surface area (Å²) in [6.07, 6.45) is 2.10. The van der Waals surface area contributed by atoms with Crippen molar-refractivity contribution < 1.29 is 4.79 Å². The zero-order valence-electron chi connectivity index (χ0n) is 13.5. The van der Waals surface area contributed by atoms with Crippen molar-refractivity contribution >= 4 is 17.5 Å². The van der Waals surface area contributed by atoms with Gasteiger partial charge in [0.15, 0.2) is 0 Å². The lowest BCUT2D eigenvalue weighted by molar-refractivity contribution is -0.123. The average molecular weight is 332 g/mol. The van der Waals surface area contributed by atoms with Crippen LogP contribution in [-0.4, -0.2) is 34.5 Å². The van der Waals surface area contributed by atoms with Gasteiger partial charge in [0.05, 0.1) is 12.6 Å². The minimum atomic E-state index is 0.0685. The fourth-order valence-electron chi connectivity index (χ4n) is 3.18. The first-order valence-corrected chi connectivity index (χ1v) is 8.36. The highest BCUT2D eigenvalue weighted by Gasteiger charge is 2.30. The van der Waals surface area contributed by atoms with E-state index in [1.807, 2.05) is 38.1 Å². The molecule has 0 saturated carbocycles. The van der Waals surface area contributed by atoms with Gasteiger partial charge >= 0.3 is 0 Å². The van der Waals surface area contributed by atoms with E-state index in [-0.39, 0.29) is 18.0 Å². The van der Waals surface area contributed by atoms with Crippen LogP contribution in [0.5, 0.6) is 0 Å². The molecule has 0 bridgehead atoms. The predicted octanol–water partition coefficient (Wildman–Crippen LogP) is 3.07. The Morgan fingerprint density at radius 3 is 2.70 bits per heavy atom. The van der Waals surface area contributed by atoms with Gasteiger partial charge in [0.2, 0.25) is 5.91 Å². The second kappa shape index (κ2) is 6.77. The van der Waals surface area contributed by atoms with Gasteiger partial charge in [0.1, 0.15) is 0 Å². The van der Waals surface area contributed by atoms with Crippen LogP contribution in [0.25, 0.3) is 0 Å². The Bertz CT molecular complexity index is 678. The third kappa shape index (κ3) is 3.59. The predicted molar refractivity (Wildman–Crippen MR) is 92.6 cm³/mol. The van der Waals surface area contributed by atoms with E-state index < -0.39 is 0 Å². The fourth-order valence-corrected chi connectivity index (χ4v) is 3.31. The summed E-state index contributed by atoms with van der Waals surface area (Å²) in [6.45, 7) is 6.12. The number of halogens is 1. The molecule has 1 N–H and O–H groups in total. The molecule has 23 heavy (non-hydrogen) atoms. The summed E-state index contributed by atoms with van der Waals surface area (Å²) in [7, 11) is 0. The number of rotatable bonds is 4. The van der Waals surface area contributed by atoms with E-state index in [1.54, 1.807) is 0 Å². The molecule has 2 heterocycles. The number of carbonyl (C=O) groups excluding carboxylic acids is 1. The molecule has 1 aliphatic rings. The first-order chi connectivity index (χ1) is 11.0. The van der Waals surface area contributed by atoms with Crippen molar-refractivity contribution in [1.29, 1.82) is 0 Å². The quantitative estimate of drug-likeness (QED) is 0.935. The molecule has 122 valence electrons. The third-order valence-electron chi connectivity index (χ3n) is 4.12. The van der Waals surface area contributed by atoms with E-state index in [0.717, 1.165) is 23.7 Å². The molecule has 0 fully saturated rings. The number of aromatic nitrogens is 1. The SMILES string of the molecule is CC(C)NC(=O)CN1CCn2cccc2C1c1ccc(Cl)cc1. The van der Waals surface area contributed by atoms with E-state index in [4.69, 9.17) is 11.6 Å². The monoisotopic (exact) mass is 331 g/mol. The number of carbonyl (C=O) groups is 1. The number of fused-ring (bicyclic) bond motifs is 1. The molecule has 1 unspecified atom stereocenters. The van der Waals surface area contributed by atoms with E-state index in [9.17, 15) is 4.79 Å². The number of hydrogen-bond donors (Lipinski definition) is 1. The zero-order chi connectivity index (χ0) is 16.4. The van der Waals surface area contributed by atoms with Gasteiger partial charge in [0, 0.05) is 36.0 Å². The fraction of sp³-hybridized carbons (Fsp3) is 0.389. The highest BCUT2D eigenvalue weighted by atomic mass is 35.5. The lowest BCUT2D eigenvalue weighted by Gasteiger charge is -2.37. The van der Waals surface area contributed by atoms with E-state index in [2.05, 4.69) is 33.1 Å². The smallest absolute Gasteiger partial charge is 0.234 e. The second-order valence-electron chi connectivity index (χ2n) is 6.27. The molecular formula is C18H22ClN3O. The van der Waals surface area contributed by atoms with Gasteiger partial charge in [-0.15, -0.1) is 0 Å². The highest BCUT2D eigenvalue weighted by molar-refractivity contribution is 6.30. The molecule has 0 spiro atoms. The Morgan fingerprint density at radius 2 is 2.00 bits per heavy atom. The first-order valence-electron chi connectivity index (χ1n) is 7.98. The van der Waals surface area contributed by atoms with Crippen LogP contribution in [0, 0.1) is 0 Å². The Hall–Kier alpha value is -1.78. The van der Waals surface area contributed by atoms with E-state index in [1.165, 1.54) is 5.69 Å². The molecule has 1 amide bonds. The van der Waals surface area contributed by atoms with Gasteiger partial charge in [0.25, 0.3) is 0 Å². The minimum absolute atomic E-state index is 0.0685. The first kappa shape index (κ1) is 16.1. The number of nitrogens with one attached hydrogen (secondary N) is 1. The van der Waals surface area contributed by atoms with E-state index >= 15 is 0 Å². The maximum absolute atomic E-state index is 12.2. The van der Waals surface area contributed by atoms with Gasteiger partial charge in [-0.1, -0.05) is 23.7 Å². The van der Waals surface area contributed by atoms with Crippen molar-refractivity contribution in [3.8, 4) is 0 Å². The molecule has 0 saturated heterocycles. The second-order valence-corrected chi connectivity index (χ2v) is 6.71.